The molecule has 0 aliphatic rings. The Morgan fingerprint density at radius 2 is 1.85 bits per heavy atom. The van der Waals surface area contributed by atoms with Gasteiger partial charge in [-0.1, -0.05) is 12.1 Å². The van der Waals surface area contributed by atoms with Crippen molar-refractivity contribution in [1.29, 1.82) is 0 Å². The molecule has 0 fully saturated rings. The number of phenolic OH excluding ortho intramolecular Hbond substituents is 1. The lowest BCUT2D eigenvalue weighted by Crippen LogP contribution is -2.16. The second-order valence-electron chi connectivity index (χ2n) is 4.45. The predicted octanol–water partition coefficient (Wildman–Crippen LogP) is 3.16. The molecule has 0 aromatic heterocycles. The first kappa shape index (κ1) is 14.0. The van der Waals surface area contributed by atoms with Crippen LogP contribution in [0.4, 0.5) is 14.5 Å². The number of phenols is 1. The topological polar surface area (TPSA) is 49.3 Å². The molecule has 0 spiro atoms. The van der Waals surface area contributed by atoms with Gasteiger partial charge in [0.1, 0.15) is 17.4 Å². The highest BCUT2D eigenvalue weighted by Crippen LogP contribution is 2.24. The van der Waals surface area contributed by atoms with Gasteiger partial charge >= 0.3 is 0 Å². The quantitative estimate of drug-likeness (QED) is 0.847. The van der Waals surface area contributed by atoms with Crippen LogP contribution in [0.5, 0.6) is 5.75 Å². The Kier molecular flexibility index (Phi) is 3.98. The SMILES string of the molecule is Cc1ccc(NC(=O)Cc2c(F)cccc2F)c(O)c1. The summed E-state index contributed by atoms with van der Waals surface area (Å²) in [4.78, 5) is 11.8. The minimum Gasteiger partial charge on any atom is -0.506 e. The van der Waals surface area contributed by atoms with Crippen LogP contribution in [0.1, 0.15) is 11.1 Å². The smallest absolute Gasteiger partial charge is 0.229 e. The summed E-state index contributed by atoms with van der Waals surface area (Å²) in [5.74, 6) is -2.23. The van der Waals surface area contributed by atoms with Crippen molar-refractivity contribution >= 4 is 11.6 Å². The molecule has 0 saturated heterocycles. The summed E-state index contributed by atoms with van der Waals surface area (Å²) >= 11 is 0. The van der Waals surface area contributed by atoms with Gasteiger partial charge in [0, 0.05) is 5.56 Å². The molecule has 0 unspecified atom stereocenters. The van der Waals surface area contributed by atoms with Crippen LogP contribution < -0.4 is 5.32 Å². The van der Waals surface area contributed by atoms with E-state index >= 15 is 0 Å². The zero-order valence-electron chi connectivity index (χ0n) is 10.8. The Hall–Kier alpha value is -2.43. The highest BCUT2D eigenvalue weighted by molar-refractivity contribution is 5.93. The maximum atomic E-state index is 13.4. The van der Waals surface area contributed by atoms with Gasteiger partial charge < -0.3 is 10.4 Å². The van der Waals surface area contributed by atoms with Gasteiger partial charge in [-0.05, 0) is 36.8 Å². The number of hydrogen-bond donors (Lipinski definition) is 2. The minimum atomic E-state index is -0.770. The second kappa shape index (κ2) is 5.69. The van der Waals surface area contributed by atoms with Crippen LogP contribution in [0.25, 0.3) is 0 Å². The van der Waals surface area contributed by atoms with E-state index < -0.39 is 24.0 Å². The van der Waals surface area contributed by atoms with Gasteiger partial charge in [-0.2, -0.15) is 0 Å². The van der Waals surface area contributed by atoms with E-state index in [2.05, 4.69) is 5.32 Å². The number of nitrogens with one attached hydrogen (secondary N) is 1. The van der Waals surface area contributed by atoms with Crippen LogP contribution in [-0.4, -0.2) is 11.0 Å². The second-order valence-corrected chi connectivity index (χ2v) is 4.45. The summed E-state index contributed by atoms with van der Waals surface area (Å²) in [6.45, 7) is 1.79. The molecule has 0 aliphatic carbocycles. The number of benzene rings is 2. The molecule has 0 heterocycles. The fourth-order valence-electron chi connectivity index (χ4n) is 1.80. The third-order valence-electron chi connectivity index (χ3n) is 2.83. The van der Waals surface area contributed by atoms with Gasteiger partial charge in [0.2, 0.25) is 5.91 Å². The molecular weight excluding hydrogens is 264 g/mol. The average Bonchev–Trinajstić information content (AvgIpc) is 2.37. The summed E-state index contributed by atoms with van der Waals surface area (Å²) in [5.41, 5.74) is 0.745. The Morgan fingerprint density at radius 3 is 2.45 bits per heavy atom. The lowest BCUT2D eigenvalue weighted by atomic mass is 10.1. The van der Waals surface area contributed by atoms with E-state index in [1.54, 1.807) is 13.0 Å². The number of aryl methyl sites for hydroxylation is 1. The molecule has 0 atom stereocenters. The van der Waals surface area contributed by atoms with Crippen molar-refractivity contribution in [3.05, 3.63) is 59.2 Å². The number of rotatable bonds is 3. The Labute approximate surface area is 114 Å². The molecule has 20 heavy (non-hydrogen) atoms. The summed E-state index contributed by atoms with van der Waals surface area (Å²) < 4.78 is 26.8. The molecular formula is C15H13F2NO2. The number of anilines is 1. The molecule has 2 aromatic carbocycles. The summed E-state index contributed by atoms with van der Waals surface area (Å²) in [6, 6.07) is 8.14. The molecule has 3 nitrogen and oxygen atoms in total. The molecule has 104 valence electrons. The van der Waals surface area contributed by atoms with Crippen LogP contribution in [0.2, 0.25) is 0 Å². The summed E-state index contributed by atoms with van der Waals surface area (Å²) in [5, 5.41) is 12.1. The highest BCUT2D eigenvalue weighted by Gasteiger charge is 2.14. The van der Waals surface area contributed by atoms with Crippen molar-refractivity contribution in [3.8, 4) is 5.75 Å². The maximum Gasteiger partial charge on any atom is 0.229 e. The van der Waals surface area contributed by atoms with Crippen molar-refractivity contribution < 1.29 is 18.7 Å². The molecule has 1 amide bonds. The maximum absolute atomic E-state index is 13.4. The number of carbonyl (C=O) groups is 1. The molecule has 0 radical (unpaired) electrons. The van der Waals surface area contributed by atoms with Crippen LogP contribution in [-0.2, 0) is 11.2 Å². The fraction of sp³-hybridized carbons (Fsp3) is 0.133. The van der Waals surface area contributed by atoms with E-state index in [0.717, 1.165) is 17.7 Å². The number of amides is 1. The fourth-order valence-corrected chi connectivity index (χ4v) is 1.80. The van der Waals surface area contributed by atoms with Crippen LogP contribution in [0.3, 0.4) is 0 Å². The molecule has 2 N–H and O–H groups in total. The lowest BCUT2D eigenvalue weighted by molar-refractivity contribution is -0.115. The highest BCUT2D eigenvalue weighted by atomic mass is 19.1. The van der Waals surface area contributed by atoms with E-state index in [9.17, 15) is 18.7 Å². The Balaban J connectivity index is 2.13. The zero-order chi connectivity index (χ0) is 14.7. The van der Waals surface area contributed by atoms with Crippen molar-refractivity contribution in [2.45, 2.75) is 13.3 Å². The molecule has 2 rings (SSSR count). The predicted molar refractivity (Wildman–Crippen MR) is 71.5 cm³/mol. The van der Waals surface area contributed by atoms with E-state index in [1.807, 2.05) is 0 Å². The van der Waals surface area contributed by atoms with Crippen LogP contribution in [0, 0.1) is 18.6 Å². The first-order valence-electron chi connectivity index (χ1n) is 5.99. The van der Waals surface area contributed by atoms with Gasteiger partial charge in [-0.15, -0.1) is 0 Å². The van der Waals surface area contributed by atoms with Gasteiger partial charge in [0.15, 0.2) is 0 Å². The summed E-state index contributed by atoms with van der Waals surface area (Å²) in [7, 11) is 0. The summed E-state index contributed by atoms with van der Waals surface area (Å²) in [6.07, 6.45) is -0.439. The third-order valence-corrected chi connectivity index (χ3v) is 2.83. The third kappa shape index (κ3) is 3.12. The average molecular weight is 277 g/mol. The molecule has 0 bridgehead atoms. The van der Waals surface area contributed by atoms with E-state index in [-0.39, 0.29) is 17.0 Å². The minimum absolute atomic E-state index is 0.0904. The molecule has 0 aliphatic heterocycles. The zero-order valence-corrected chi connectivity index (χ0v) is 10.8. The van der Waals surface area contributed by atoms with Gasteiger partial charge in [0.05, 0.1) is 12.1 Å². The first-order chi connectivity index (χ1) is 9.47. The van der Waals surface area contributed by atoms with Crippen molar-refractivity contribution in [2.24, 2.45) is 0 Å². The van der Waals surface area contributed by atoms with E-state index in [1.165, 1.54) is 18.2 Å². The Morgan fingerprint density at radius 1 is 1.20 bits per heavy atom. The Bertz CT molecular complexity index is 636. The molecule has 2 aromatic rings. The molecule has 5 heteroatoms. The largest absolute Gasteiger partial charge is 0.506 e. The van der Waals surface area contributed by atoms with Gasteiger partial charge in [0.25, 0.3) is 0 Å². The van der Waals surface area contributed by atoms with Crippen molar-refractivity contribution in [3.63, 3.8) is 0 Å². The number of halogens is 2. The molecule has 0 saturated carbocycles. The number of aromatic hydroxyl groups is 1. The normalized spacial score (nSPS) is 10.3. The lowest BCUT2D eigenvalue weighted by Gasteiger charge is -2.09. The van der Waals surface area contributed by atoms with E-state index in [4.69, 9.17) is 0 Å². The van der Waals surface area contributed by atoms with Crippen molar-refractivity contribution in [1.82, 2.24) is 0 Å². The van der Waals surface area contributed by atoms with Crippen molar-refractivity contribution in [2.75, 3.05) is 5.32 Å². The van der Waals surface area contributed by atoms with Crippen LogP contribution in [0.15, 0.2) is 36.4 Å². The number of hydrogen-bond acceptors (Lipinski definition) is 2. The van der Waals surface area contributed by atoms with Gasteiger partial charge in [-0.25, -0.2) is 8.78 Å². The number of carbonyl (C=O) groups excluding carboxylic acids is 1. The van der Waals surface area contributed by atoms with E-state index in [0.29, 0.717) is 0 Å². The van der Waals surface area contributed by atoms with Crippen LogP contribution >= 0.6 is 0 Å². The monoisotopic (exact) mass is 277 g/mol. The van der Waals surface area contributed by atoms with Gasteiger partial charge in [-0.3, -0.25) is 4.79 Å². The first-order valence-corrected chi connectivity index (χ1v) is 5.99. The standard InChI is InChI=1S/C15H13F2NO2/c1-9-5-6-13(14(19)7-9)18-15(20)8-10-11(16)3-2-4-12(10)17/h2-7,19H,8H2,1H3,(H,18,20).